The average Bonchev–Trinajstić information content (AvgIpc) is 2.46. The number of rotatable bonds is 5. The molecule has 20 heavy (non-hydrogen) atoms. The first-order valence-corrected chi connectivity index (χ1v) is 7.21. The normalized spacial score (nSPS) is 18.1. The molecule has 1 aliphatic rings. The van der Waals surface area contributed by atoms with Crippen LogP contribution in [0.4, 0.5) is 0 Å². The van der Waals surface area contributed by atoms with E-state index in [4.69, 9.17) is 4.74 Å². The second-order valence-corrected chi connectivity index (χ2v) is 5.60. The number of carboxylic acids is 1. The fourth-order valence-electron chi connectivity index (χ4n) is 2.52. The lowest BCUT2D eigenvalue weighted by atomic mass is 9.98. The Kier molecular flexibility index (Phi) is 5.15. The van der Waals surface area contributed by atoms with Crippen LogP contribution in [0.25, 0.3) is 0 Å². The molecule has 0 aromatic heterocycles. The lowest BCUT2D eigenvalue weighted by molar-refractivity contribution is -0.145. The van der Waals surface area contributed by atoms with Gasteiger partial charge in [-0.1, -0.05) is 38.1 Å². The minimum atomic E-state index is -0.750. The van der Waals surface area contributed by atoms with Crippen LogP contribution >= 0.6 is 0 Å². The molecule has 0 amide bonds. The maximum absolute atomic E-state index is 11.5. The second-order valence-electron chi connectivity index (χ2n) is 5.60. The minimum Gasteiger partial charge on any atom is -0.480 e. The molecule has 0 unspecified atom stereocenters. The molecule has 110 valence electrons. The van der Waals surface area contributed by atoms with Crippen molar-refractivity contribution in [3.8, 4) is 0 Å². The molecule has 1 heterocycles. The molecule has 1 aliphatic heterocycles. The van der Waals surface area contributed by atoms with Crippen LogP contribution in [0.15, 0.2) is 24.3 Å². The van der Waals surface area contributed by atoms with E-state index in [-0.39, 0.29) is 0 Å². The van der Waals surface area contributed by atoms with Crippen molar-refractivity contribution in [1.29, 1.82) is 0 Å². The van der Waals surface area contributed by atoms with E-state index >= 15 is 0 Å². The lowest BCUT2D eigenvalue weighted by Crippen LogP contribution is -2.48. The molecule has 2 rings (SSSR count). The van der Waals surface area contributed by atoms with Gasteiger partial charge in [-0.15, -0.1) is 0 Å². The van der Waals surface area contributed by atoms with Gasteiger partial charge in [0.2, 0.25) is 0 Å². The van der Waals surface area contributed by atoms with Crippen LogP contribution in [-0.2, 0) is 16.0 Å². The van der Waals surface area contributed by atoms with Crippen molar-refractivity contribution >= 4 is 5.97 Å². The van der Waals surface area contributed by atoms with Crippen molar-refractivity contribution in [2.45, 2.75) is 32.2 Å². The van der Waals surface area contributed by atoms with Gasteiger partial charge in [-0.05, 0) is 23.5 Å². The number of hydrogen-bond acceptors (Lipinski definition) is 3. The van der Waals surface area contributed by atoms with Crippen molar-refractivity contribution < 1.29 is 14.6 Å². The fraction of sp³-hybridized carbons (Fsp3) is 0.562. The van der Waals surface area contributed by atoms with Gasteiger partial charge in [0, 0.05) is 13.1 Å². The van der Waals surface area contributed by atoms with Gasteiger partial charge >= 0.3 is 5.97 Å². The first-order valence-electron chi connectivity index (χ1n) is 7.21. The molecule has 4 nitrogen and oxygen atoms in total. The predicted octanol–water partition coefficient (Wildman–Crippen LogP) is 2.14. The Morgan fingerprint density at radius 3 is 2.35 bits per heavy atom. The van der Waals surface area contributed by atoms with Crippen molar-refractivity contribution in [3.63, 3.8) is 0 Å². The lowest BCUT2D eigenvalue weighted by Gasteiger charge is -2.32. The quantitative estimate of drug-likeness (QED) is 0.896. The number of nitrogens with zero attached hydrogens (tertiary/aromatic N) is 1. The van der Waals surface area contributed by atoms with Gasteiger partial charge in [-0.2, -0.15) is 0 Å². The van der Waals surface area contributed by atoms with Crippen molar-refractivity contribution in [3.05, 3.63) is 35.4 Å². The Labute approximate surface area is 120 Å². The van der Waals surface area contributed by atoms with E-state index in [0.717, 1.165) is 5.56 Å². The summed E-state index contributed by atoms with van der Waals surface area (Å²) in [4.78, 5) is 13.5. The number of benzene rings is 1. The molecule has 1 N–H and O–H groups in total. The first kappa shape index (κ1) is 15.0. The highest BCUT2D eigenvalue weighted by Gasteiger charge is 2.27. The molecule has 1 fully saturated rings. The van der Waals surface area contributed by atoms with Gasteiger partial charge in [0.25, 0.3) is 0 Å². The molecule has 1 atom stereocenters. The van der Waals surface area contributed by atoms with Crippen LogP contribution in [0.3, 0.4) is 0 Å². The first-order chi connectivity index (χ1) is 9.58. The molecule has 1 aromatic rings. The SMILES string of the molecule is CC(C)c1ccc(C[C@@H](C(=O)O)N2CCOCC2)cc1. The molecule has 0 radical (unpaired) electrons. The number of aliphatic carboxylic acids is 1. The molecule has 0 saturated carbocycles. The molecular formula is C16H23NO3. The molecule has 0 bridgehead atoms. The van der Waals surface area contributed by atoms with E-state index in [1.54, 1.807) is 0 Å². The molecule has 0 aliphatic carbocycles. The largest absolute Gasteiger partial charge is 0.480 e. The summed E-state index contributed by atoms with van der Waals surface area (Å²) in [5.74, 6) is -0.251. The topological polar surface area (TPSA) is 49.8 Å². The summed E-state index contributed by atoms with van der Waals surface area (Å²) < 4.78 is 5.29. The van der Waals surface area contributed by atoms with Gasteiger partial charge in [0.15, 0.2) is 0 Å². The van der Waals surface area contributed by atoms with E-state index < -0.39 is 12.0 Å². The molecule has 1 saturated heterocycles. The van der Waals surface area contributed by atoms with Gasteiger partial charge in [0.1, 0.15) is 6.04 Å². The summed E-state index contributed by atoms with van der Waals surface area (Å²) in [6.45, 7) is 6.94. The van der Waals surface area contributed by atoms with Crippen molar-refractivity contribution in [1.82, 2.24) is 4.90 Å². The summed E-state index contributed by atoms with van der Waals surface area (Å²) >= 11 is 0. The van der Waals surface area contributed by atoms with Crippen molar-refractivity contribution in [2.24, 2.45) is 0 Å². The fourth-order valence-corrected chi connectivity index (χ4v) is 2.52. The maximum Gasteiger partial charge on any atom is 0.321 e. The van der Waals surface area contributed by atoms with Crippen LogP contribution in [0.1, 0.15) is 30.9 Å². The zero-order valence-corrected chi connectivity index (χ0v) is 12.2. The summed E-state index contributed by atoms with van der Waals surface area (Å²) in [7, 11) is 0. The smallest absolute Gasteiger partial charge is 0.321 e. The van der Waals surface area contributed by atoms with Crippen molar-refractivity contribution in [2.75, 3.05) is 26.3 Å². The van der Waals surface area contributed by atoms with E-state index in [2.05, 4.69) is 26.0 Å². The third kappa shape index (κ3) is 3.81. The summed E-state index contributed by atoms with van der Waals surface area (Å²) in [5.41, 5.74) is 2.36. The number of carbonyl (C=O) groups is 1. The van der Waals surface area contributed by atoms with Gasteiger partial charge in [-0.3, -0.25) is 9.69 Å². The molecular weight excluding hydrogens is 254 g/mol. The highest BCUT2D eigenvalue weighted by atomic mass is 16.5. The number of hydrogen-bond donors (Lipinski definition) is 1. The summed E-state index contributed by atoms with van der Waals surface area (Å²) in [5, 5.41) is 9.45. The summed E-state index contributed by atoms with van der Waals surface area (Å²) in [6.07, 6.45) is 0.549. The van der Waals surface area contributed by atoms with Crippen LogP contribution in [0, 0.1) is 0 Å². The second kappa shape index (κ2) is 6.86. The predicted molar refractivity (Wildman–Crippen MR) is 78.1 cm³/mol. The standard InChI is InChI=1S/C16H23NO3/c1-12(2)14-5-3-13(4-6-14)11-15(16(18)19)17-7-9-20-10-8-17/h3-6,12,15H,7-11H2,1-2H3,(H,18,19)/t15-/m0/s1. The number of morpholine rings is 1. The Morgan fingerprint density at radius 2 is 1.85 bits per heavy atom. The third-order valence-electron chi connectivity index (χ3n) is 3.85. The Morgan fingerprint density at radius 1 is 1.25 bits per heavy atom. The monoisotopic (exact) mass is 277 g/mol. The van der Waals surface area contributed by atoms with Crippen LogP contribution in [0.2, 0.25) is 0 Å². The average molecular weight is 277 g/mol. The van der Waals surface area contributed by atoms with Gasteiger partial charge < -0.3 is 9.84 Å². The van der Waals surface area contributed by atoms with E-state index in [1.807, 2.05) is 17.0 Å². The van der Waals surface area contributed by atoms with Gasteiger partial charge in [-0.25, -0.2) is 0 Å². The molecule has 1 aromatic carbocycles. The van der Waals surface area contributed by atoms with Gasteiger partial charge in [0.05, 0.1) is 13.2 Å². The maximum atomic E-state index is 11.5. The number of carboxylic acid groups (broad SMARTS) is 1. The van der Waals surface area contributed by atoms with Crippen LogP contribution in [-0.4, -0.2) is 48.3 Å². The van der Waals surface area contributed by atoms with E-state index in [0.29, 0.717) is 38.6 Å². The Bertz CT molecular complexity index is 436. The number of ether oxygens (including phenoxy) is 1. The molecule has 4 heteroatoms. The van der Waals surface area contributed by atoms with Crippen LogP contribution in [0.5, 0.6) is 0 Å². The minimum absolute atomic E-state index is 0.455. The zero-order valence-electron chi connectivity index (χ0n) is 12.2. The van der Waals surface area contributed by atoms with Crippen LogP contribution < -0.4 is 0 Å². The van der Waals surface area contributed by atoms with E-state index in [1.165, 1.54) is 5.56 Å². The summed E-state index contributed by atoms with van der Waals surface area (Å²) in [6, 6.07) is 7.83. The Hall–Kier alpha value is -1.39. The zero-order chi connectivity index (χ0) is 14.5. The third-order valence-corrected chi connectivity index (χ3v) is 3.85. The highest BCUT2D eigenvalue weighted by Crippen LogP contribution is 2.17. The molecule has 0 spiro atoms. The highest BCUT2D eigenvalue weighted by molar-refractivity contribution is 5.74. The van der Waals surface area contributed by atoms with E-state index in [9.17, 15) is 9.90 Å². The Balaban J connectivity index is 2.05.